The van der Waals surface area contributed by atoms with Crippen LogP contribution < -0.4 is 10.1 Å². The molecule has 0 saturated heterocycles. The van der Waals surface area contributed by atoms with Crippen LogP contribution in [-0.2, 0) is 6.54 Å². The van der Waals surface area contributed by atoms with Crippen molar-refractivity contribution >= 4 is 0 Å². The van der Waals surface area contributed by atoms with Crippen LogP contribution in [0.15, 0.2) is 42.5 Å². The fourth-order valence-corrected chi connectivity index (χ4v) is 1.86. The first-order valence-electron chi connectivity index (χ1n) is 6.61. The molecule has 4 heteroatoms. The highest BCUT2D eigenvalue weighted by Crippen LogP contribution is 2.24. The van der Waals surface area contributed by atoms with Gasteiger partial charge in [0.05, 0.1) is 0 Å². The minimum absolute atomic E-state index is 0.350. The lowest BCUT2D eigenvalue weighted by Gasteiger charge is -2.09. The molecule has 0 aliphatic carbocycles. The van der Waals surface area contributed by atoms with Crippen LogP contribution in [-0.4, -0.2) is 6.54 Å². The summed E-state index contributed by atoms with van der Waals surface area (Å²) in [6, 6.07) is 10.3. The van der Waals surface area contributed by atoms with Gasteiger partial charge in [-0.15, -0.1) is 0 Å². The van der Waals surface area contributed by atoms with E-state index in [2.05, 4.69) is 12.2 Å². The molecule has 2 nitrogen and oxygen atoms in total. The minimum Gasteiger partial charge on any atom is -0.457 e. The summed E-state index contributed by atoms with van der Waals surface area (Å²) in [4.78, 5) is 0. The summed E-state index contributed by atoms with van der Waals surface area (Å²) in [5.74, 6) is -0.0390. The van der Waals surface area contributed by atoms with Crippen LogP contribution in [0, 0.1) is 11.6 Å². The number of halogens is 2. The van der Waals surface area contributed by atoms with Crippen LogP contribution in [0.1, 0.15) is 18.9 Å². The largest absolute Gasteiger partial charge is 0.457 e. The Labute approximate surface area is 117 Å². The lowest BCUT2D eigenvalue weighted by molar-refractivity contribution is 0.470. The molecule has 0 aromatic heterocycles. The second-order valence-corrected chi connectivity index (χ2v) is 4.53. The number of hydrogen-bond acceptors (Lipinski definition) is 2. The Morgan fingerprint density at radius 2 is 1.80 bits per heavy atom. The SMILES string of the molecule is CCCNCc1cc(F)cc(Oc2cccc(F)c2)c1. The van der Waals surface area contributed by atoms with E-state index in [0.717, 1.165) is 18.5 Å². The van der Waals surface area contributed by atoms with E-state index in [4.69, 9.17) is 4.74 Å². The molecule has 0 heterocycles. The van der Waals surface area contributed by atoms with Crippen molar-refractivity contribution in [2.24, 2.45) is 0 Å². The van der Waals surface area contributed by atoms with E-state index < -0.39 is 0 Å². The molecule has 2 aromatic rings. The van der Waals surface area contributed by atoms with Crippen molar-refractivity contribution in [1.82, 2.24) is 5.32 Å². The van der Waals surface area contributed by atoms with Gasteiger partial charge in [0.15, 0.2) is 0 Å². The second kappa shape index (κ2) is 7.01. The number of ether oxygens (including phenoxy) is 1. The predicted octanol–water partition coefficient (Wildman–Crippen LogP) is 4.26. The molecule has 0 amide bonds. The highest BCUT2D eigenvalue weighted by Gasteiger charge is 2.04. The summed E-state index contributed by atoms with van der Waals surface area (Å²) < 4.78 is 32.1. The van der Waals surface area contributed by atoms with E-state index in [9.17, 15) is 8.78 Å². The highest BCUT2D eigenvalue weighted by atomic mass is 19.1. The molecule has 1 N–H and O–H groups in total. The maximum absolute atomic E-state index is 13.5. The molecule has 2 aromatic carbocycles. The maximum atomic E-state index is 13.5. The Kier molecular flexibility index (Phi) is 5.07. The third kappa shape index (κ3) is 4.31. The monoisotopic (exact) mass is 277 g/mol. The van der Waals surface area contributed by atoms with E-state index in [1.807, 2.05) is 0 Å². The predicted molar refractivity (Wildman–Crippen MR) is 74.9 cm³/mol. The Morgan fingerprint density at radius 1 is 1.00 bits per heavy atom. The van der Waals surface area contributed by atoms with Gasteiger partial charge in [-0.3, -0.25) is 0 Å². The minimum atomic E-state index is -0.385. The lowest BCUT2D eigenvalue weighted by Crippen LogP contribution is -2.13. The molecule has 0 aliphatic heterocycles. The molecule has 0 saturated carbocycles. The van der Waals surface area contributed by atoms with Gasteiger partial charge in [0.1, 0.15) is 23.1 Å². The molecular weight excluding hydrogens is 260 g/mol. The van der Waals surface area contributed by atoms with E-state index in [-0.39, 0.29) is 11.6 Å². The van der Waals surface area contributed by atoms with Crippen molar-refractivity contribution in [3.8, 4) is 11.5 Å². The van der Waals surface area contributed by atoms with Gasteiger partial charge >= 0.3 is 0 Å². The summed E-state index contributed by atoms with van der Waals surface area (Å²) in [6.07, 6.45) is 1.02. The molecule has 0 bridgehead atoms. The average Bonchev–Trinajstić information content (AvgIpc) is 2.38. The van der Waals surface area contributed by atoms with Gasteiger partial charge in [-0.05, 0) is 42.8 Å². The van der Waals surface area contributed by atoms with Crippen LogP contribution in [0.3, 0.4) is 0 Å². The highest BCUT2D eigenvalue weighted by molar-refractivity contribution is 5.34. The van der Waals surface area contributed by atoms with Crippen LogP contribution in [0.25, 0.3) is 0 Å². The number of rotatable bonds is 6. The average molecular weight is 277 g/mol. The van der Waals surface area contributed by atoms with Crippen molar-refractivity contribution in [2.75, 3.05) is 6.54 Å². The maximum Gasteiger partial charge on any atom is 0.130 e. The number of hydrogen-bond donors (Lipinski definition) is 1. The molecule has 0 radical (unpaired) electrons. The van der Waals surface area contributed by atoms with Crippen molar-refractivity contribution in [3.63, 3.8) is 0 Å². The molecule has 0 fully saturated rings. The molecule has 0 aliphatic rings. The van der Waals surface area contributed by atoms with Gasteiger partial charge < -0.3 is 10.1 Å². The molecule has 0 spiro atoms. The molecule has 2 rings (SSSR count). The number of nitrogens with one attached hydrogen (secondary N) is 1. The zero-order chi connectivity index (χ0) is 14.4. The standard InChI is InChI=1S/C16H17F2NO/c1-2-6-19-11-12-7-14(18)10-16(8-12)20-15-5-3-4-13(17)9-15/h3-5,7-10,19H,2,6,11H2,1H3. The molecule has 20 heavy (non-hydrogen) atoms. The summed E-state index contributed by atoms with van der Waals surface area (Å²) in [6.45, 7) is 3.51. The fourth-order valence-electron chi connectivity index (χ4n) is 1.86. The van der Waals surface area contributed by atoms with Crippen molar-refractivity contribution in [3.05, 3.63) is 59.7 Å². The van der Waals surface area contributed by atoms with Gasteiger partial charge in [0.2, 0.25) is 0 Å². The van der Waals surface area contributed by atoms with Crippen molar-refractivity contribution in [1.29, 1.82) is 0 Å². The van der Waals surface area contributed by atoms with Crippen LogP contribution in [0.5, 0.6) is 11.5 Å². The molecular formula is C16H17F2NO. The Bertz CT molecular complexity index is 572. The summed E-state index contributed by atoms with van der Waals surface area (Å²) in [7, 11) is 0. The first kappa shape index (κ1) is 14.5. The quantitative estimate of drug-likeness (QED) is 0.797. The van der Waals surface area contributed by atoms with Gasteiger partial charge in [-0.25, -0.2) is 8.78 Å². The smallest absolute Gasteiger partial charge is 0.130 e. The normalized spacial score (nSPS) is 10.6. The van der Waals surface area contributed by atoms with Gasteiger partial charge in [-0.1, -0.05) is 13.0 Å². The van der Waals surface area contributed by atoms with Crippen molar-refractivity contribution in [2.45, 2.75) is 19.9 Å². The van der Waals surface area contributed by atoms with Crippen molar-refractivity contribution < 1.29 is 13.5 Å². The third-order valence-corrected chi connectivity index (χ3v) is 2.72. The van der Waals surface area contributed by atoms with E-state index >= 15 is 0 Å². The third-order valence-electron chi connectivity index (χ3n) is 2.72. The van der Waals surface area contributed by atoms with Crippen LogP contribution in [0.4, 0.5) is 8.78 Å². The summed E-state index contributed by atoms with van der Waals surface area (Å²) in [5.41, 5.74) is 0.796. The summed E-state index contributed by atoms with van der Waals surface area (Å²) >= 11 is 0. The molecule has 106 valence electrons. The van der Waals surface area contributed by atoms with Crippen LogP contribution >= 0.6 is 0 Å². The first-order chi connectivity index (χ1) is 9.67. The van der Waals surface area contributed by atoms with E-state index in [1.54, 1.807) is 18.2 Å². The summed E-state index contributed by atoms with van der Waals surface area (Å²) in [5, 5.41) is 3.20. The van der Waals surface area contributed by atoms with Crippen LogP contribution in [0.2, 0.25) is 0 Å². The molecule has 0 unspecified atom stereocenters. The molecule has 0 atom stereocenters. The van der Waals surface area contributed by atoms with E-state index in [1.165, 1.54) is 24.3 Å². The first-order valence-corrected chi connectivity index (χ1v) is 6.61. The zero-order valence-electron chi connectivity index (χ0n) is 11.3. The van der Waals surface area contributed by atoms with Gasteiger partial charge in [0, 0.05) is 18.7 Å². The Hall–Kier alpha value is -1.94. The fraction of sp³-hybridized carbons (Fsp3) is 0.250. The van der Waals surface area contributed by atoms with Gasteiger partial charge in [-0.2, -0.15) is 0 Å². The topological polar surface area (TPSA) is 21.3 Å². The van der Waals surface area contributed by atoms with Gasteiger partial charge in [0.25, 0.3) is 0 Å². The Balaban J connectivity index is 2.11. The zero-order valence-corrected chi connectivity index (χ0v) is 11.3. The second-order valence-electron chi connectivity index (χ2n) is 4.53. The Morgan fingerprint density at radius 3 is 2.55 bits per heavy atom. The number of benzene rings is 2. The lowest BCUT2D eigenvalue weighted by atomic mass is 10.2. The van der Waals surface area contributed by atoms with E-state index in [0.29, 0.717) is 18.0 Å².